The first-order valence-corrected chi connectivity index (χ1v) is 8.44. The molecule has 0 bridgehead atoms. The molecule has 1 nitrogen and oxygen atoms in total. The molecule has 1 N–H and O–H groups in total. The molecule has 0 saturated heterocycles. The van der Waals surface area contributed by atoms with Gasteiger partial charge in [-0.2, -0.15) is 0 Å². The van der Waals surface area contributed by atoms with E-state index in [1.54, 1.807) is 0 Å². The summed E-state index contributed by atoms with van der Waals surface area (Å²) >= 11 is 1.88. The summed E-state index contributed by atoms with van der Waals surface area (Å²) in [7, 11) is 0. The zero-order chi connectivity index (χ0) is 12.8. The Morgan fingerprint density at radius 3 is 2.94 bits per heavy atom. The van der Waals surface area contributed by atoms with Gasteiger partial charge < -0.3 is 5.32 Å². The third-order valence-corrected chi connectivity index (χ3v) is 5.17. The fourth-order valence-corrected chi connectivity index (χ4v) is 3.98. The summed E-state index contributed by atoms with van der Waals surface area (Å²) in [6.45, 7) is 4.68. The van der Waals surface area contributed by atoms with Crippen LogP contribution in [-0.2, 0) is 6.42 Å². The van der Waals surface area contributed by atoms with Gasteiger partial charge in [0.05, 0.1) is 0 Å². The van der Waals surface area contributed by atoms with Gasteiger partial charge in [0.1, 0.15) is 0 Å². The second-order valence-corrected chi connectivity index (χ2v) is 6.86. The van der Waals surface area contributed by atoms with Gasteiger partial charge in [-0.25, -0.2) is 0 Å². The van der Waals surface area contributed by atoms with E-state index in [0.717, 1.165) is 12.0 Å². The Bertz CT molecular complexity index is 320. The molecule has 1 aliphatic rings. The van der Waals surface area contributed by atoms with Gasteiger partial charge in [-0.1, -0.05) is 32.3 Å². The van der Waals surface area contributed by atoms with Gasteiger partial charge in [-0.05, 0) is 50.0 Å². The third kappa shape index (κ3) is 4.40. The first kappa shape index (κ1) is 14.1. The van der Waals surface area contributed by atoms with Gasteiger partial charge in [-0.15, -0.1) is 11.3 Å². The maximum Gasteiger partial charge on any atom is 0.00896 e. The van der Waals surface area contributed by atoms with E-state index in [1.165, 1.54) is 49.8 Å². The highest BCUT2D eigenvalue weighted by atomic mass is 32.1. The van der Waals surface area contributed by atoms with Gasteiger partial charge in [0.25, 0.3) is 0 Å². The molecule has 1 aromatic rings. The normalized spacial score (nSPS) is 26.8. The molecule has 3 unspecified atom stereocenters. The Balaban J connectivity index is 1.75. The van der Waals surface area contributed by atoms with Crippen LogP contribution >= 0.6 is 11.3 Å². The van der Waals surface area contributed by atoms with Gasteiger partial charge in [-0.3, -0.25) is 0 Å². The standard InChI is InChI=1S/C16H27NS/c1-3-14-6-4-7-15(10-9-14)17-13(2)12-16-8-5-11-18-16/h5,8,11,13-15,17H,3-4,6-7,9-10,12H2,1-2H3. The van der Waals surface area contributed by atoms with Crippen LogP contribution in [-0.4, -0.2) is 12.1 Å². The number of thiophene rings is 1. The molecule has 2 heteroatoms. The van der Waals surface area contributed by atoms with E-state index in [-0.39, 0.29) is 0 Å². The van der Waals surface area contributed by atoms with Crippen molar-refractivity contribution in [2.24, 2.45) is 5.92 Å². The Morgan fingerprint density at radius 1 is 1.33 bits per heavy atom. The zero-order valence-corrected chi connectivity index (χ0v) is 12.6. The van der Waals surface area contributed by atoms with Crippen molar-refractivity contribution < 1.29 is 0 Å². The lowest BCUT2D eigenvalue weighted by Crippen LogP contribution is -2.37. The van der Waals surface area contributed by atoms with Crippen LogP contribution in [0, 0.1) is 5.92 Å². The van der Waals surface area contributed by atoms with Crippen LogP contribution in [0.25, 0.3) is 0 Å². The summed E-state index contributed by atoms with van der Waals surface area (Å²) < 4.78 is 0. The van der Waals surface area contributed by atoms with Crippen LogP contribution < -0.4 is 5.32 Å². The van der Waals surface area contributed by atoms with Crippen LogP contribution in [0.3, 0.4) is 0 Å². The Labute approximate surface area is 116 Å². The highest BCUT2D eigenvalue weighted by Crippen LogP contribution is 2.25. The molecule has 1 aromatic heterocycles. The lowest BCUT2D eigenvalue weighted by Gasteiger charge is -2.22. The lowest BCUT2D eigenvalue weighted by atomic mass is 9.97. The molecule has 2 rings (SSSR count). The van der Waals surface area contributed by atoms with E-state index in [9.17, 15) is 0 Å². The summed E-state index contributed by atoms with van der Waals surface area (Å²) in [5.41, 5.74) is 0. The average molecular weight is 265 g/mol. The molecule has 18 heavy (non-hydrogen) atoms. The van der Waals surface area contributed by atoms with Crippen LogP contribution in [0.1, 0.15) is 57.2 Å². The van der Waals surface area contributed by atoms with E-state index in [1.807, 2.05) is 11.3 Å². The summed E-state index contributed by atoms with van der Waals surface area (Å²) in [4.78, 5) is 1.51. The number of nitrogens with one attached hydrogen (secondary N) is 1. The molecule has 3 atom stereocenters. The van der Waals surface area contributed by atoms with Gasteiger partial charge in [0, 0.05) is 17.0 Å². The maximum atomic E-state index is 3.85. The molecule has 0 amide bonds. The molecule has 0 spiro atoms. The molecular weight excluding hydrogens is 238 g/mol. The number of rotatable bonds is 5. The number of hydrogen-bond donors (Lipinski definition) is 1. The molecule has 102 valence electrons. The van der Waals surface area contributed by atoms with Crippen molar-refractivity contribution in [3.8, 4) is 0 Å². The minimum Gasteiger partial charge on any atom is -0.311 e. The SMILES string of the molecule is CCC1CCCC(NC(C)Cc2cccs2)CC1. The monoisotopic (exact) mass is 265 g/mol. The second kappa shape index (κ2) is 7.30. The van der Waals surface area contributed by atoms with Crippen LogP contribution in [0.5, 0.6) is 0 Å². The summed E-state index contributed by atoms with van der Waals surface area (Å²) in [5.74, 6) is 0.990. The van der Waals surface area contributed by atoms with E-state index in [4.69, 9.17) is 0 Å². The quantitative estimate of drug-likeness (QED) is 0.766. The van der Waals surface area contributed by atoms with Crippen molar-refractivity contribution in [1.82, 2.24) is 5.32 Å². The van der Waals surface area contributed by atoms with Crippen LogP contribution in [0.4, 0.5) is 0 Å². The van der Waals surface area contributed by atoms with E-state index < -0.39 is 0 Å². The van der Waals surface area contributed by atoms with Crippen molar-refractivity contribution in [2.75, 3.05) is 0 Å². The largest absolute Gasteiger partial charge is 0.311 e. The van der Waals surface area contributed by atoms with Crippen molar-refractivity contribution in [2.45, 2.75) is 70.9 Å². The minimum absolute atomic E-state index is 0.617. The molecule has 1 aliphatic carbocycles. The molecule has 0 aromatic carbocycles. The molecule has 0 radical (unpaired) electrons. The highest BCUT2D eigenvalue weighted by Gasteiger charge is 2.19. The Hall–Kier alpha value is -0.340. The van der Waals surface area contributed by atoms with Crippen LogP contribution in [0.15, 0.2) is 17.5 Å². The smallest absolute Gasteiger partial charge is 0.00896 e. The summed E-state index contributed by atoms with van der Waals surface area (Å²) in [5, 5.41) is 6.03. The van der Waals surface area contributed by atoms with Crippen LogP contribution in [0.2, 0.25) is 0 Å². The second-order valence-electron chi connectivity index (χ2n) is 5.83. The molecule has 1 fully saturated rings. The Morgan fingerprint density at radius 2 is 2.22 bits per heavy atom. The molecule has 1 saturated carbocycles. The predicted octanol–water partition coefficient (Wildman–Crippen LogP) is 4.63. The Kier molecular flexibility index (Phi) is 5.71. The van der Waals surface area contributed by atoms with Gasteiger partial charge in [0.2, 0.25) is 0 Å². The molecule has 1 heterocycles. The highest BCUT2D eigenvalue weighted by molar-refractivity contribution is 7.09. The average Bonchev–Trinajstić information content (AvgIpc) is 2.75. The van der Waals surface area contributed by atoms with Crippen molar-refractivity contribution >= 4 is 11.3 Å². The minimum atomic E-state index is 0.617. The molecule has 0 aliphatic heterocycles. The van der Waals surface area contributed by atoms with E-state index in [2.05, 4.69) is 36.7 Å². The lowest BCUT2D eigenvalue weighted by molar-refractivity contribution is 0.394. The van der Waals surface area contributed by atoms with E-state index >= 15 is 0 Å². The first-order chi connectivity index (χ1) is 8.78. The zero-order valence-electron chi connectivity index (χ0n) is 11.8. The summed E-state index contributed by atoms with van der Waals surface area (Å²) in [6, 6.07) is 5.79. The maximum absolute atomic E-state index is 3.85. The topological polar surface area (TPSA) is 12.0 Å². The van der Waals surface area contributed by atoms with Gasteiger partial charge >= 0.3 is 0 Å². The van der Waals surface area contributed by atoms with Crippen molar-refractivity contribution in [1.29, 1.82) is 0 Å². The van der Waals surface area contributed by atoms with E-state index in [0.29, 0.717) is 6.04 Å². The fourth-order valence-electron chi connectivity index (χ4n) is 3.15. The van der Waals surface area contributed by atoms with Crippen molar-refractivity contribution in [3.05, 3.63) is 22.4 Å². The molecular formula is C16H27NS. The van der Waals surface area contributed by atoms with Crippen molar-refractivity contribution in [3.63, 3.8) is 0 Å². The van der Waals surface area contributed by atoms with Gasteiger partial charge in [0.15, 0.2) is 0 Å². The fraction of sp³-hybridized carbons (Fsp3) is 0.750. The summed E-state index contributed by atoms with van der Waals surface area (Å²) in [6.07, 6.45) is 9.62. The third-order valence-electron chi connectivity index (χ3n) is 4.27. The first-order valence-electron chi connectivity index (χ1n) is 7.56. The predicted molar refractivity (Wildman–Crippen MR) is 81.3 cm³/mol. The number of hydrogen-bond acceptors (Lipinski definition) is 2.